The number of nitrogens with one attached hydrogen (secondary N) is 1. The summed E-state index contributed by atoms with van der Waals surface area (Å²) in [7, 11) is 1.55. The number of carboxylic acid groups (broad SMARTS) is 1. The van der Waals surface area contributed by atoms with E-state index in [1.165, 1.54) is 18.2 Å². The molecule has 0 spiro atoms. The number of carbonyl (C=O) groups is 1. The van der Waals surface area contributed by atoms with Gasteiger partial charge in [-0.1, -0.05) is 0 Å². The summed E-state index contributed by atoms with van der Waals surface area (Å²) >= 11 is 0. The first kappa shape index (κ1) is 10.9. The molecule has 0 amide bonds. The monoisotopic (exact) mass is 225 g/mol. The number of benzene rings is 1. The first-order valence-corrected chi connectivity index (χ1v) is 4.95. The van der Waals surface area contributed by atoms with Crippen LogP contribution >= 0.6 is 0 Å². The van der Waals surface area contributed by atoms with Crippen molar-refractivity contribution in [2.24, 2.45) is 0 Å². The fraction of sp³-hybridized carbons (Fsp3) is 0.364. The molecule has 16 heavy (non-hydrogen) atoms. The van der Waals surface area contributed by atoms with Gasteiger partial charge in [0, 0.05) is 12.0 Å². The summed E-state index contributed by atoms with van der Waals surface area (Å²) in [6.07, 6.45) is 0.273. The first-order valence-electron chi connectivity index (χ1n) is 4.95. The Morgan fingerprint density at radius 3 is 3.00 bits per heavy atom. The molecule has 0 fully saturated rings. The number of halogens is 1. The minimum atomic E-state index is -1.25. The number of hydrogen-bond acceptors (Lipinski definition) is 3. The minimum Gasteiger partial charge on any atom is -0.493 e. The quantitative estimate of drug-likeness (QED) is 0.791. The third-order valence-electron chi connectivity index (χ3n) is 2.93. The third-order valence-corrected chi connectivity index (χ3v) is 2.93. The third kappa shape index (κ3) is 1.44. The van der Waals surface area contributed by atoms with Crippen molar-refractivity contribution < 1.29 is 19.0 Å². The van der Waals surface area contributed by atoms with Gasteiger partial charge in [0.05, 0.1) is 6.61 Å². The largest absolute Gasteiger partial charge is 0.493 e. The van der Waals surface area contributed by atoms with Crippen molar-refractivity contribution in [3.05, 3.63) is 29.6 Å². The van der Waals surface area contributed by atoms with Gasteiger partial charge in [0.15, 0.2) is 0 Å². The maximum Gasteiger partial charge on any atom is 0.328 e. The smallest absolute Gasteiger partial charge is 0.328 e. The van der Waals surface area contributed by atoms with Crippen molar-refractivity contribution in [3.63, 3.8) is 0 Å². The highest BCUT2D eigenvalue weighted by Gasteiger charge is 2.43. The Balaban J connectivity index is 2.61. The van der Waals surface area contributed by atoms with Crippen molar-refractivity contribution in [2.45, 2.75) is 12.0 Å². The maximum atomic E-state index is 13.2. The van der Waals surface area contributed by atoms with Gasteiger partial charge in [-0.15, -0.1) is 0 Å². The van der Waals surface area contributed by atoms with Crippen LogP contribution in [0.2, 0.25) is 0 Å². The standard InChI is InChI=1S/C11H12FNO3/c1-13-11(10(14)15)4-5-16-9-3-2-7(12)6-8(9)11/h2-3,6,13H,4-5H2,1H3,(H,14,15). The summed E-state index contributed by atoms with van der Waals surface area (Å²) in [6, 6.07) is 3.92. The van der Waals surface area contributed by atoms with Crippen LogP contribution in [0.25, 0.3) is 0 Å². The Morgan fingerprint density at radius 1 is 1.62 bits per heavy atom. The first-order chi connectivity index (χ1) is 7.60. The molecule has 0 saturated carbocycles. The Kier molecular flexibility index (Phi) is 2.55. The normalized spacial score (nSPS) is 23.4. The van der Waals surface area contributed by atoms with Crippen LogP contribution in [0.15, 0.2) is 18.2 Å². The molecule has 0 saturated heterocycles. The molecular formula is C11H12FNO3. The second kappa shape index (κ2) is 3.75. The van der Waals surface area contributed by atoms with E-state index in [0.29, 0.717) is 17.9 Å². The SMILES string of the molecule is CNC1(C(=O)O)CCOc2ccc(F)cc21. The van der Waals surface area contributed by atoms with Crippen molar-refractivity contribution in [1.29, 1.82) is 0 Å². The molecular weight excluding hydrogens is 213 g/mol. The van der Waals surface area contributed by atoms with E-state index in [1.54, 1.807) is 7.05 Å². The van der Waals surface area contributed by atoms with Gasteiger partial charge < -0.3 is 15.2 Å². The fourth-order valence-electron chi connectivity index (χ4n) is 2.00. The van der Waals surface area contributed by atoms with Crippen LogP contribution in [0, 0.1) is 5.82 Å². The molecule has 1 aromatic rings. The molecule has 1 unspecified atom stereocenters. The van der Waals surface area contributed by atoms with Crippen LogP contribution in [-0.4, -0.2) is 24.7 Å². The zero-order valence-corrected chi connectivity index (χ0v) is 8.79. The number of aliphatic carboxylic acids is 1. The summed E-state index contributed by atoms with van der Waals surface area (Å²) in [4.78, 5) is 11.3. The Hall–Kier alpha value is -1.62. The van der Waals surface area contributed by atoms with Crippen LogP contribution in [0.3, 0.4) is 0 Å². The number of hydrogen-bond donors (Lipinski definition) is 2. The summed E-state index contributed by atoms with van der Waals surface area (Å²) in [5.74, 6) is -1.07. The van der Waals surface area contributed by atoms with Gasteiger partial charge in [0.2, 0.25) is 0 Å². The Morgan fingerprint density at radius 2 is 2.38 bits per heavy atom. The minimum absolute atomic E-state index is 0.273. The second-order valence-corrected chi connectivity index (χ2v) is 3.70. The molecule has 0 radical (unpaired) electrons. The van der Waals surface area contributed by atoms with E-state index < -0.39 is 17.3 Å². The lowest BCUT2D eigenvalue weighted by Crippen LogP contribution is -2.50. The summed E-state index contributed by atoms with van der Waals surface area (Å²) < 4.78 is 18.5. The van der Waals surface area contributed by atoms with Crippen LogP contribution in [-0.2, 0) is 10.3 Å². The van der Waals surface area contributed by atoms with E-state index in [0.717, 1.165) is 0 Å². The van der Waals surface area contributed by atoms with Gasteiger partial charge in [-0.05, 0) is 25.2 Å². The molecule has 1 aliphatic rings. The van der Waals surface area contributed by atoms with Crippen molar-refractivity contribution >= 4 is 5.97 Å². The summed E-state index contributed by atoms with van der Waals surface area (Å²) in [5.41, 5.74) is -0.913. The molecule has 1 atom stereocenters. The molecule has 5 heteroatoms. The lowest BCUT2D eigenvalue weighted by atomic mass is 9.84. The molecule has 1 heterocycles. The molecule has 4 nitrogen and oxygen atoms in total. The average molecular weight is 225 g/mol. The van der Waals surface area contributed by atoms with E-state index >= 15 is 0 Å². The molecule has 86 valence electrons. The van der Waals surface area contributed by atoms with Crippen molar-refractivity contribution in [3.8, 4) is 5.75 Å². The topological polar surface area (TPSA) is 58.6 Å². The molecule has 0 aromatic heterocycles. The van der Waals surface area contributed by atoms with Crippen LogP contribution in [0.1, 0.15) is 12.0 Å². The number of likely N-dealkylation sites (N-methyl/N-ethyl adjacent to an activating group) is 1. The molecule has 2 rings (SSSR count). The second-order valence-electron chi connectivity index (χ2n) is 3.70. The summed E-state index contributed by atoms with van der Waals surface area (Å²) in [6.45, 7) is 0.297. The Bertz CT molecular complexity index is 435. The number of rotatable bonds is 2. The van der Waals surface area contributed by atoms with Gasteiger partial charge >= 0.3 is 5.97 Å². The predicted octanol–water partition coefficient (Wildman–Crippen LogP) is 1.11. The number of fused-ring (bicyclic) bond motifs is 1. The van der Waals surface area contributed by atoms with E-state index in [9.17, 15) is 14.3 Å². The zero-order chi connectivity index (χ0) is 11.8. The molecule has 0 bridgehead atoms. The molecule has 0 aliphatic carbocycles. The molecule has 1 aromatic carbocycles. The van der Waals surface area contributed by atoms with Crippen molar-refractivity contribution in [1.82, 2.24) is 5.32 Å². The van der Waals surface area contributed by atoms with Gasteiger partial charge in [0.1, 0.15) is 17.1 Å². The van der Waals surface area contributed by atoms with E-state index in [-0.39, 0.29) is 6.42 Å². The number of carboxylic acids is 1. The van der Waals surface area contributed by atoms with Gasteiger partial charge in [-0.2, -0.15) is 0 Å². The highest BCUT2D eigenvalue weighted by atomic mass is 19.1. The van der Waals surface area contributed by atoms with Crippen LogP contribution < -0.4 is 10.1 Å². The summed E-state index contributed by atoms with van der Waals surface area (Å²) in [5, 5.41) is 12.0. The van der Waals surface area contributed by atoms with E-state index in [1.807, 2.05) is 0 Å². The highest BCUT2D eigenvalue weighted by Crippen LogP contribution is 2.37. The van der Waals surface area contributed by atoms with E-state index in [4.69, 9.17) is 4.74 Å². The lowest BCUT2D eigenvalue weighted by Gasteiger charge is -2.34. The van der Waals surface area contributed by atoms with Crippen LogP contribution in [0.4, 0.5) is 4.39 Å². The van der Waals surface area contributed by atoms with Gasteiger partial charge in [-0.3, -0.25) is 0 Å². The predicted molar refractivity (Wildman–Crippen MR) is 54.9 cm³/mol. The van der Waals surface area contributed by atoms with Crippen LogP contribution in [0.5, 0.6) is 5.75 Å². The molecule has 2 N–H and O–H groups in total. The lowest BCUT2D eigenvalue weighted by molar-refractivity contribution is -0.146. The Labute approximate surface area is 92.0 Å². The van der Waals surface area contributed by atoms with Gasteiger partial charge in [0.25, 0.3) is 0 Å². The average Bonchev–Trinajstić information content (AvgIpc) is 2.27. The maximum absolute atomic E-state index is 13.2. The zero-order valence-electron chi connectivity index (χ0n) is 8.79. The number of ether oxygens (including phenoxy) is 1. The van der Waals surface area contributed by atoms with Crippen molar-refractivity contribution in [2.75, 3.05) is 13.7 Å². The fourth-order valence-corrected chi connectivity index (χ4v) is 2.00. The van der Waals surface area contributed by atoms with E-state index in [2.05, 4.69) is 5.32 Å². The highest BCUT2D eigenvalue weighted by molar-refractivity contribution is 5.82. The van der Waals surface area contributed by atoms with Gasteiger partial charge in [-0.25, -0.2) is 9.18 Å². The molecule has 1 aliphatic heterocycles.